The summed E-state index contributed by atoms with van der Waals surface area (Å²) in [5.74, 6) is -0.279. The summed E-state index contributed by atoms with van der Waals surface area (Å²) in [5.41, 5.74) is 5.45. The molecule has 7 nitrogen and oxygen atoms in total. The molecule has 0 saturated carbocycles. The van der Waals surface area contributed by atoms with E-state index in [1.165, 1.54) is 6.07 Å². The fourth-order valence-electron chi connectivity index (χ4n) is 0.864. The van der Waals surface area contributed by atoms with Gasteiger partial charge in [-0.15, -0.1) is 0 Å². The zero-order valence-corrected chi connectivity index (χ0v) is 16.6. The van der Waals surface area contributed by atoms with Crippen LogP contribution in [0.5, 0.6) is 5.75 Å². The number of rotatable bonds is 4. The van der Waals surface area contributed by atoms with Gasteiger partial charge in [-0.3, -0.25) is 14.6 Å². The third-order valence-corrected chi connectivity index (χ3v) is 1.51. The molecular weight excluding hydrogens is 294 g/mol. The molecule has 1 rings (SSSR count). The number of primary amides is 1. The Morgan fingerprint density at radius 3 is 2.56 bits per heavy atom. The standard InChI is InChI=1S/C8H10N2O2.CH2O3.2K/c9-8(12)4-3-6-7(11)2-1-5-10-6;2-1-4-3;;/h1-2,5,11H,3-4H2,(H2,9,12);1,3H;;/q;;;+1/p-1. The van der Waals surface area contributed by atoms with Crippen LogP contribution in [-0.4, -0.2) is 73.9 Å². The predicted octanol–water partition coefficient (Wildman–Crippen LogP) is -4.74. The Bertz CT molecular complexity index is 351. The van der Waals surface area contributed by atoms with Crippen LogP contribution in [0.4, 0.5) is 0 Å². The van der Waals surface area contributed by atoms with Crippen molar-refractivity contribution in [3.8, 4) is 5.75 Å². The Hall–Kier alpha value is 1.12. The molecule has 0 aliphatic heterocycles. The van der Waals surface area contributed by atoms with Gasteiger partial charge in [0.2, 0.25) is 5.91 Å². The number of carbonyl (C=O) groups is 2. The second-order valence-electron chi connectivity index (χ2n) is 2.63. The van der Waals surface area contributed by atoms with E-state index in [9.17, 15) is 9.90 Å². The zero-order chi connectivity index (χ0) is 12.4. The monoisotopic (exact) mass is 305 g/mol. The smallest absolute Gasteiger partial charge is 0.662 e. The first-order valence-corrected chi connectivity index (χ1v) is 4.25. The van der Waals surface area contributed by atoms with Crippen LogP contribution in [-0.2, 0) is 20.9 Å². The summed E-state index contributed by atoms with van der Waals surface area (Å²) in [5, 5.41) is 17.6. The molecular formula is C9H11K2N2O5. The number of nitrogens with zero attached hydrogens (tertiary/aromatic N) is 1. The van der Waals surface area contributed by atoms with Crippen LogP contribution in [0.1, 0.15) is 12.1 Å². The molecule has 1 amide bonds. The molecule has 1 aromatic heterocycles. The summed E-state index contributed by atoms with van der Waals surface area (Å²) < 4.78 is 0. The van der Waals surface area contributed by atoms with Gasteiger partial charge in [0, 0.05) is 70.4 Å². The maximum absolute atomic E-state index is 10.4. The summed E-state index contributed by atoms with van der Waals surface area (Å²) in [7, 11) is 0. The molecule has 0 unspecified atom stereocenters. The van der Waals surface area contributed by atoms with E-state index in [0.717, 1.165) is 0 Å². The molecule has 89 valence electrons. The van der Waals surface area contributed by atoms with E-state index in [0.29, 0.717) is 12.1 Å². The van der Waals surface area contributed by atoms with Crippen molar-refractivity contribution in [2.75, 3.05) is 0 Å². The van der Waals surface area contributed by atoms with Crippen molar-refractivity contribution < 1.29 is 76.2 Å². The minimum absolute atomic E-state index is 0. The van der Waals surface area contributed by atoms with Crippen molar-refractivity contribution in [3.63, 3.8) is 0 Å². The van der Waals surface area contributed by atoms with Crippen molar-refractivity contribution in [2.45, 2.75) is 12.8 Å². The van der Waals surface area contributed by atoms with E-state index < -0.39 is 0 Å². The summed E-state index contributed by atoms with van der Waals surface area (Å²) in [6.07, 6.45) is 2.17. The van der Waals surface area contributed by atoms with E-state index in [4.69, 9.17) is 15.8 Å². The summed E-state index contributed by atoms with van der Waals surface area (Å²) in [6, 6.07) is 3.16. The third kappa shape index (κ3) is 13.6. The van der Waals surface area contributed by atoms with Crippen LogP contribution >= 0.6 is 0 Å². The number of aromatic hydroxyl groups is 1. The molecule has 0 aromatic carbocycles. The molecule has 0 bridgehead atoms. The quantitative estimate of drug-likeness (QED) is 0.249. The van der Waals surface area contributed by atoms with E-state index in [1.54, 1.807) is 12.3 Å². The van der Waals surface area contributed by atoms with Crippen LogP contribution in [0.15, 0.2) is 18.3 Å². The van der Waals surface area contributed by atoms with Crippen molar-refractivity contribution in [3.05, 3.63) is 24.0 Å². The van der Waals surface area contributed by atoms with Gasteiger partial charge in [0.1, 0.15) is 5.75 Å². The van der Waals surface area contributed by atoms with Crippen LogP contribution < -0.4 is 62.4 Å². The first-order valence-electron chi connectivity index (χ1n) is 4.25. The van der Waals surface area contributed by atoms with Crippen LogP contribution in [0, 0.1) is 0 Å². The van der Waals surface area contributed by atoms with Crippen LogP contribution in [0.25, 0.3) is 0 Å². The summed E-state index contributed by atoms with van der Waals surface area (Å²) >= 11 is 0. The normalized spacial score (nSPS) is 7.61. The zero-order valence-electron chi connectivity index (χ0n) is 10.3. The third-order valence-electron chi connectivity index (χ3n) is 1.51. The number of aromatic nitrogens is 1. The fraction of sp³-hybridized carbons (Fsp3) is 0.222. The largest absolute Gasteiger partial charge is 1.00 e. The van der Waals surface area contributed by atoms with Gasteiger partial charge in [-0.1, -0.05) is 0 Å². The molecule has 0 saturated heterocycles. The van der Waals surface area contributed by atoms with Crippen molar-refractivity contribution in [1.82, 2.24) is 4.98 Å². The van der Waals surface area contributed by atoms with Gasteiger partial charge < -0.3 is 21.0 Å². The second-order valence-corrected chi connectivity index (χ2v) is 2.63. The number of pyridine rings is 1. The topological polar surface area (TPSA) is 126 Å². The molecule has 0 aliphatic rings. The second kappa shape index (κ2) is 16.2. The molecule has 0 spiro atoms. The molecule has 1 radical (unpaired) electrons. The molecule has 1 aromatic rings. The molecule has 1 heterocycles. The first-order chi connectivity index (χ1) is 7.61. The van der Waals surface area contributed by atoms with Gasteiger partial charge in [-0.05, 0) is 12.1 Å². The van der Waals surface area contributed by atoms with Gasteiger partial charge in [0.25, 0.3) is 6.47 Å². The Morgan fingerprint density at radius 1 is 1.61 bits per heavy atom. The van der Waals surface area contributed by atoms with Gasteiger partial charge in [0.05, 0.1) is 5.69 Å². The SMILES string of the molecule is NC(=O)CCc1ncccc1O.O=CO[O-].[K+].[K]. The minimum Gasteiger partial charge on any atom is -0.662 e. The van der Waals surface area contributed by atoms with Crippen LogP contribution in [0.3, 0.4) is 0 Å². The van der Waals surface area contributed by atoms with Crippen molar-refractivity contribution >= 4 is 63.8 Å². The number of aryl methyl sites for hydroxylation is 1. The Labute approximate surface area is 189 Å². The maximum atomic E-state index is 10.4. The van der Waals surface area contributed by atoms with Gasteiger partial charge in [0.15, 0.2) is 0 Å². The van der Waals surface area contributed by atoms with E-state index >= 15 is 0 Å². The summed E-state index contributed by atoms with van der Waals surface area (Å²) in [4.78, 5) is 25.5. The molecule has 18 heavy (non-hydrogen) atoms. The van der Waals surface area contributed by atoms with Crippen LogP contribution in [0.2, 0.25) is 0 Å². The van der Waals surface area contributed by atoms with E-state index in [1.807, 2.05) is 0 Å². The Kier molecular flexibility index (Phi) is 21.7. The molecule has 0 atom stereocenters. The first kappa shape index (κ1) is 24.2. The average molecular weight is 305 g/mol. The molecule has 0 aliphatic carbocycles. The number of amides is 1. The number of nitrogens with two attached hydrogens (primary N) is 1. The molecule has 0 fully saturated rings. The molecule has 9 heteroatoms. The predicted molar refractivity (Wildman–Crippen MR) is 56.3 cm³/mol. The average Bonchev–Trinajstić information content (AvgIpc) is 2.28. The fourth-order valence-corrected chi connectivity index (χ4v) is 0.864. The summed E-state index contributed by atoms with van der Waals surface area (Å²) in [6.45, 7) is -0.181. The van der Waals surface area contributed by atoms with Gasteiger partial charge in [-0.25, -0.2) is 0 Å². The van der Waals surface area contributed by atoms with E-state index in [2.05, 4.69) is 9.87 Å². The van der Waals surface area contributed by atoms with Crippen molar-refractivity contribution in [1.29, 1.82) is 0 Å². The minimum atomic E-state index is -0.389. The Balaban J connectivity index is -0.000000332. The number of hydrogen-bond acceptors (Lipinski definition) is 6. The van der Waals surface area contributed by atoms with Gasteiger partial charge in [-0.2, -0.15) is 0 Å². The molecule has 3 N–H and O–H groups in total. The van der Waals surface area contributed by atoms with Gasteiger partial charge >= 0.3 is 51.4 Å². The Morgan fingerprint density at radius 2 is 2.17 bits per heavy atom. The van der Waals surface area contributed by atoms with Crippen molar-refractivity contribution in [2.24, 2.45) is 5.73 Å². The number of hydrogen-bond donors (Lipinski definition) is 2. The number of carbonyl (C=O) groups excluding carboxylic acids is 2. The maximum Gasteiger partial charge on any atom is 1.00 e. The van der Waals surface area contributed by atoms with E-state index in [-0.39, 0.29) is 127 Å².